The lowest BCUT2D eigenvalue weighted by molar-refractivity contribution is -0.148. The van der Waals surface area contributed by atoms with Gasteiger partial charge in [-0.3, -0.25) is 4.79 Å². The van der Waals surface area contributed by atoms with E-state index < -0.39 is 12.2 Å². The van der Waals surface area contributed by atoms with Crippen LogP contribution in [0.1, 0.15) is 47.5 Å². The summed E-state index contributed by atoms with van der Waals surface area (Å²) in [4.78, 5) is 11.3. The molecule has 3 heteroatoms. The highest BCUT2D eigenvalue weighted by Gasteiger charge is 2.55. The van der Waals surface area contributed by atoms with Crippen LogP contribution < -0.4 is 0 Å². The molecule has 0 saturated heterocycles. The van der Waals surface area contributed by atoms with Crippen molar-refractivity contribution in [2.24, 2.45) is 17.3 Å². The van der Waals surface area contributed by atoms with Crippen molar-refractivity contribution in [1.82, 2.24) is 0 Å². The monoisotopic (exact) mass is 278 g/mol. The molecule has 2 aliphatic carbocycles. The molecule has 3 nitrogen and oxygen atoms in total. The number of hydrogen-bond donors (Lipinski definition) is 1. The lowest BCUT2D eigenvalue weighted by atomic mass is 9.97. The largest absolute Gasteiger partial charge is 0.455 e. The molecule has 0 aromatic heterocycles. The van der Waals surface area contributed by atoms with Crippen molar-refractivity contribution in [3.63, 3.8) is 0 Å². The molecule has 0 unspecified atom stereocenters. The minimum absolute atomic E-state index is 0.317. The van der Waals surface area contributed by atoms with Crippen LogP contribution in [0.15, 0.2) is 23.3 Å². The van der Waals surface area contributed by atoms with Gasteiger partial charge in [0, 0.05) is 6.92 Å². The van der Waals surface area contributed by atoms with Gasteiger partial charge in [0.15, 0.2) is 6.10 Å². The van der Waals surface area contributed by atoms with Crippen LogP contribution in [0.5, 0.6) is 0 Å². The molecule has 0 aliphatic heterocycles. The fraction of sp³-hybridized carbons (Fsp3) is 0.706. The first-order valence-electron chi connectivity index (χ1n) is 7.44. The lowest BCUT2D eigenvalue weighted by Gasteiger charge is -2.23. The Labute approximate surface area is 121 Å². The molecule has 4 atom stereocenters. The molecule has 0 radical (unpaired) electrons. The molecule has 0 bridgehead atoms. The number of fused-ring (bicyclic) bond motifs is 1. The lowest BCUT2D eigenvalue weighted by Crippen LogP contribution is -2.31. The maximum Gasteiger partial charge on any atom is 0.303 e. The number of ether oxygens (including phenoxy) is 1. The molecule has 0 aromatic carbocycles. The zero-order valence-corrected chi connectivity index (χ0v) is 13.1. The Hall–Kier alpha value is -1.09. The molecule has 2 rings (SSSR count). The highest BCUT2D eigenvalue weighted by molar-refractivity contribution is 5.66. The standard InChI is InChI=1S/C17H26O3/c1-10-6-7-13-14(17(13,4)5)9-11(2)16(15(19)8-10)20-12(3)18/h8-9,13-16,19H,6-7H2,1-5H3/b10-8+,11-9+/t13-,14+,15+,16-/m0/s1. The van der Waals surface area contributed by atoms with Crippen LogP contribution >= 0.6 is 0 Å². The Kier molecular flexibility index (Phi) is 4.10. The van der Waals surface area contributed by atoms with E-state index in [1.54, 1.807) is 0 Å². The Bertz CT molecular complexity index is 459. The molecule has 2 aliphatic rings. The summed E-state index contributed by atoms with van der Waals surface area (Å²) in [6.07, 6.45) is 4.89. The minimum atomic E-state index is -0.756. The van der Waals surface area contributed by atoms with E-state index in [9.17, 15) is 9.90 Å². The van der Waals surface area contributed by atoms with Gasteiger partial charge in [0.2, 0.25) is 0 Å². The van der Waals surface area contributed by atoms with Gasteiger partial charge >= 0.3 is 5.97 Å². The van der Waals surface area contributed by atoms with Crippen LogP contribution in [-0.2, 0) is 9.53 Å². The van der Waals surface area contributed by atoms with Crippen LogP contribution in [-0.4, -0.2) is 23.3 Å². The van der Waals surface area contributed by atoms with E-state index in [1.165, 1.54) is 12.5 Å². The number of hydrogen-bond acceptors (Lipinski definition) is 3. The Morgan fingerprint density at radius 1 is 1.35 bits per heavy atom. The summed E-state index contributed by atoms with van der Waals surface area (Å²) in [6, 6.07) is 0. The Balaban J connectivity index is 2.31. The number of rotatable bonds is 1. The summed E-state index contributed by atoms with van der Waals surface area (Å²) in [7, 11) is 0. The van der Waals surface area contributed by atoms with Crippen LogP contribution in [0.25, 0.3) is 0 Å². The third-order valence-corrected chi connectivity index (χ3v) is 4.94. The zero-order chi connectivity index (χ0) is 15.1. The van der Waals surface area contributed by atoms with Crippen LogP contribution in [0.4, 0.5) is 0 Å². The molecule has 1 N–H and O–H groups in total. The van der Waals surface area contributed by atoms with Crippen molar-refractivity contribution in [3.8, 4) is 0 Å². The van der Waals surface area contributed by atoms with E-state index in [1.807, 2.05) is 19.9 Å². The van der Waals surface area contributed by atoms with E-state index in [0.717, 1.165) is 18.4 Å². The van der Waals surface area contributed by atoms with Gasteiger partial charge in [0.05, 0.1) is 0 Å². The van der Waals surface area contributed by atoms with Crippen molar-refractivity contribution in [3.05, 3.63) is 23.3 Å². The third kappa shape index (κ3) is 2.98. The van der Waals surface area contributed by atoms with Crippen molar-refractivity contribution in [2.75, 3.05) is 0 Å². The molecule has 20 heavy (non-hydrogen) atoms. The van der Waals surface area contributed by atoms with Gasteiger partial charge in [-0.15, -0.1) is 0 Å². The highest BCUT2D eigenvalue weighted by Crippen LogP contribution is 2.61. The van der Waals surface area contributed by atoms with E-state index in [2.05, 4.69) is 19.9 Å². The van der Waals surface area contributed by atoms with Crippen LogP contribution in [0.2, 0.25) is 0 Å². The van der Waals surface area contributed by atoms with Crippen molar-refractivity contribution >= 4 is 5.97 Å². The SMILES string of the molecule is CC(=O)O[C@H]1/C(C)=C/[C@@H]2[C@H](CC/C(C)=C/[C@H]1O)C2(C)C. The predicted octanol–water partition coefficient (Wildman–Crippen LogP) is 3.24. The van der Waals surface area contributed by atoms with Gasteiger partial charge in [-0.1, -0.05) is 31.6 Å². The second kappa shape index (κ2) is 5.36. The summed E-state index contributed by atoms with van der Waals surface area (Å²) >= 11 is 0. The molecular weight excluding hydrogens is 252 g/mol. The number of carbonyl (C=O) groups excluding carboxylic acids is 1. The summed E-state index contributed by atoms with van der Waals surface area (Å²) in [5, 5.41) is 10.3. The Morgan fingerprint density at radius 2 is 2.00 bits per heavy atom. The first kappa shape index (κ1) is 15.3. The van der Waals surface area contributed by atoms with Gasteiger partial charge in [0.25, 0.3) is 0 Å². The number of aliphatic hydroxyl groups is 1. The summed E-state index contributed by atoms with van der Waals surface area (Å²) in [5.41, 5.74) is 2.45. The summed E-state index contributed by atoms with van der Waals surface area (Å²) in [5.74, 6) is 0.865. The molecule has 1 fully saturated rings. The fourth-order valence-electron chi connectivity index (χ4n) is 3.50. The highest BCUT2D eigenvalue weighted by atomic mass is 16.6. The Morgan fingerprint density at radius 3 is 2.60 bits per heavy atom. The fourth-order valence-corrected chi connectivity index (χ4v) is 3.50. The van der Waals surface area contributed by atoms with Crippen LogP contribution in [0, 0.1) is 17.3 Å². The summed E-state index contributed by atoms with van der Waals surface area (Å²) in [6.45, 7) is 9.96. The maximum absolute atomic E-state index is 11.3. The minimum Gasteiger partial charge on any atom is -0.455 e. The summed E-state index contributed by atoms with van der Waals surface area (Å²) < 4.78 is 5.33. The first-order valence-corrected chi connectivity index (χ1v) is 7.44. The van der Waals surface area contributed by atoms with Crippen molar-refractivity contribution in [1.29, 1.82) is 0 Å². The molecule has 112 valence electrons. The smallest absolute Gasteiger partial charge is 0.303 e. The number of esters is 1. The number of aliphatic hydroxyl groups excluding tert-OH is 1. The second-order valence-electron chi connectivity index (χ2n) is 6.94. The quantitative estimate of drug-likeness (QED) is 0.591. The van der Waals surface area contributed by atoms with Gasteiger partial charge in [-0.05, 0) is 49.5 Å². The molecule has 0 spiro atoms. The first-order chi connectivity index (χ1) is 9.23. The molecule has 0 amide bonds. The van der Waals surface area contributed by atoms with Gasteiger partial charge < -0.3 is 9.84 Å². The van der Waals surface area contributed by atoms with Gasteiger partial charge in [-0.25, -0.2) is 0 Å². The normalized spacial score (nSPS) is 41.5. The molecule has 0 heterocycles. The maximum atomic E-state index is 11.3. The van der Waals surface area contributed by atoms with E-state index in [4.69, 9.17) is 4.74 Å². The van der Waals surface area contributed by atoms with E-state index in [-0.39, 0.29) is 5.97 Å². The third-order valence-electron chi connectivity index (χ3n) is 4.94. The molecule has 0 aromatic rings. The van der Waals surface area contributed by atoms with E-state index >= 15 is 0 Å². The van der Waals surface area contributed by atoms with Gasteiger partial charge in [-0.2, -0.15) is 0 Å². The zero-order valence-electron chi connectivity index (χ0n) is 13.1. The van der Waals surface area contributed by atoms with Crippen molar-refractivity contribution < 1.29 is 14.6 Å². The average molecular weight is 278 g/mol. The number of allylic oxidation sites excluding steroid dienone is 2. The number of carbonyl (C=O) groups is 1. The molecular formula is C17H26O3. The topological polar surface area (TPSA) is 46.5 Å². The van der Waals surface area contributed by atoms with E-state index in [0.29, 0.717) is 17.3 Å². The van der Waals surface area contributed by atoms with Crippen molar-refractivity contribution in [2.45, 2.75) is 59.7 Å². The average Bonchev–Trinajstić information content (AvgIpc) is 2.83. The van der Waals surface area contributed by atoms with Gasteiger partial charge in [0.1, 0.15) is 6.10 Å². The second-order valence-corrected chi connectivity index (χ2v) is 6.94. The van der Waals surface area contributed by atoms with Crippen LogP contribution in [0.3, 0.4) is 0 Å². The molecule has 1 saturated carbocycles. The predicted molar refractivity (Wildman–Crippen MR) is 79.1 cm³/mol.